The molecule has 0 bridgehead atoms. The molecule has 0 unspecified atom stereocenters. The van der Waals surface area contributed by atoms with Gasteiger partial charge in [-0.3, -0.25) is 4.79 Å². The van der Waals surface area contributed by atoms with E-state index in [0.717, 1.165) is 33.9 Å². The summed E-state index contributed by atoms with van der Waals surface area (Å²) in [5.74, 6) is -0.177. The molecule has 4 nitrogen and oxygen atoms in total. The zero-order valence-electron chi connectivity index (χ0n) is 13.3. The Balaban J connectivity index is 1.91. The summed E-state index contributed by atoms with van der Waals surface area (Å²) in [4.78, 5) is 13.1. The molecule has 5 heteroatoms. The molecule has 116 valence electrons. The Morgan fingerprint density at radius 1 is 1.00 bits per heavy atom. The van der Waals surface area contributed by atoms with Crippen LogP contribution in [0.5, 0.6) is 0 Å². The highest BCUT2D eigenvalue weighted by Crippen LogP contribution is 2.26. The number of nitrogens with zero attached hydrogens (tertiary/aromatic N) is 2. The molecule has 0 fully saturated rings. The maximum Gasteiger partial charge on any atom is 0.269 e. The first kappa shape index (κ1) is 15.4. The molecule has 0 atom stereocenters. The Bertz CT molecular complexity index is 853. The zero-order chi connectivity index (χ0) is 16.4. The molecule has 0 aliphatic rings. The standard InChI is InChI=1S/C18H17N3OS/c1-11-5-8-14(9-6-11)16-17(23-21-20-16)18(22)19-15-10-12(2)4-7-13(15)3/h4-10H,1-3H3,(H,19,22). The SMILES string of the molecule is Cc1ccc(-c2nnsc2C(=O)Nc2cc(C)ccc2C)cc1. The minimum atomic E-state index is -0.177. The van der Waals surface area contributed by atoms with Crippen molar-refractivity contribution in [3.8, 4) is 11.3 Å². The lowest BCUT2D eigenvalue weighted by Crippen LogP contribution is -2.12. The van der Waals surface area contributed by atoms with Gasteiger partial charge in [-0.05, 0) is 49.5 Å². The molecule has 3 rings (SSSR count). The van der Waals surface area contributed by atoms with Gasteiger partial charge in [0.05, 0.1) is 0 Å². The molecule has 0 saturated heterocycles. The van der Waals surface area contributed by atoms with E-state index in [4.69, 9.17) is 0 Å². The predicted octanol–water partition coefficient (Wildman–Crippen LogP) is 4.38. The lowest BCUT2D eigenvalue weighted by Gasteiger charge is -2.09. The van der Waals surface area contributed by atoms with Gasteiger partial charge in [-0.2, -0.15) is 0 Å². The average molecular weight is 323 g/mol. The van der Waals surface area contributed by atoms with Crippen LogP contribution in [-0.4, -0.2) is 15.5 Å². The third-order valence-corrected chi connectivity index (χ3v) is 4.39. The first-order valence-corrected chi connectivity index (χ1v) is 8.10. The van der Waals surface area contributed by atoms with E-state index < -0.39 is 0 Å². The van der Waals surface area contributed by atoms with E-state index in [-0.39, 0.29) is 5.91 Å². The van der Waals surface area contributed by atoms with E-state index in [1.54, 1.807) is 0 Å². The van der Waals surface area contributed by atoms with Crippen LogP contribution in [0.25, 0.3) is 11.3 Å². The van der Waals surface area contributed by atoms with Crippen molar-refractivity contribution in [1.29, 1.82) is 0 Å². The molecule has 2 aromatic carbocycles. The summed E-state index contributed by atoms with van der Waals surface area (Å²) in [5.41, 5.74) is 5.63. The third-order valence-electron chi connectivity index (χ3n) is 3.66. The van der Waals surface area contributed by atoms with Crippen LogP contribution in [0.1, 0.15) is 26.4 Å². The molecule has 0 saturated carbocycles. The molecule has 0 radical (unpaired) electrons. The topological polar surface area (TPSA) is 54.9 Å². The molecular weight excluding hydrogens is 306 g/mol. The minimum Gasteiger partial charge on any atom is -0.321 e. The van der Waals surface area contributed by atoms with E-state index in [1.807, 2.05) is 63.2 Å². The molecule has 23 heavy (non-hydrogen) atoms. The molecule has 1 N–H and O–H groups in total. The minimum absolute atomic E-state index is 0.177. The highest BCUT2D eigenvalue weighted by Gasteiger charge is 2.18. The fourth-order valence-electron chi connectivity index (χ4n) is 2.29. The van der Waals surface area contributed by atoms with Crippen LogP contribution in [0.4, 0.5) is 5.69 Å². The van der Waals surface area contributed by atoms with E-state index >= 15 is 0 Å². The van der Waals surface area contributed by atoms with Crippen LogP contribution in [-0.2, 0) is 0 Å². The van der Waals surface area contributed by atoms with Gasteiger partial charge in [0.15, 0.2) is 0 Å². The fraction of sp³-hybridized carbons (Fsp3) is 0.167. The maximum absolute atomic E-state index is 12.6. The Kier molecular flexibility index (Phi) is 4.21. The molecule has 3 aromatic rings. The first-order chi connectivity index (χ1) is 11.0. The number of benzene rings is 2. The van der Waals surface area contributed by atoms with Crippen LogP contribution in [0.3, 0.4) is 0 Å². The molecule has 0 aliphatic carbocycles. The Morgan fingerprint density at radius 3 is 2.43 bits per heavy atom. The number of carbonyl (C=O) groups is 1. The van der Waals surface area contributed by atoms with Crippen molar-refractivity contribution in [2.45, 2.75) is 20.8 Å². The smallest absolute Gasteiger partial charge is 0.269 e. The lowest BCUT2D eigenvalue weighted by atomic mass is 10.1. The molecular formula is C18H17N3OS. The second kappa shape index (κ2) is 6.30. The van der Waals surface area contributed by atoms with Gasteiger partial charge in [-0.15, -0.1) is 5.10 Å². The van der Waals surface area contributed by atoms with Crippen molar-refractivity contribution in [2.24, 2.45) is 0 Å². The summed E-state index contributed by atoms with van der Waals surface area (Å²) in [7, 11) is 0. The maximum atomic E-state index is 12.6. The van der Waals surface area contributed by atoms with Gasteiger partial charge in [0, 0.05) is 11.3 Å². The van der Waals surface area contributed by atoms with Crippen LogP contribution in [0.15, 0.2) is 42.5 Å². The van der Waals surface area contributed by atoms with Gasteiger partial charge in [0.2, 0.25) is 0 Å². The van der Waals surface area contributed by atoms with Crippen LogP contribution in [0, 0.1) is 20.8 Å². The monoisotopic (exact) mass is 323 g/mol. The highest BCUT2D eigenvalue weighted by molar-refractivity contribution is 7.08. The third kappa shape index (κ3) is 3.29. The van der Waals surface area contributed by atoms with Crippen LogP contribution >= 0.6 is 11.5 Å². The lowest BCUT2D eigenvalue weighted by molar-refractivity contribution is 0.103. The number of hydrogen-bond acceptors (Lipinski definition) is 4. The number of hydrogen-bond donors (Lipinski definition) is 1. The molecule has 1 amide bonds. The van der Waals surface area contributed by atoms with Gasteiger partial charge in [0.25, 0.3) is 5.91 Å². The summed E-state index contributed by atoms with van der Waals surface area (Å²) in [6.07, 6.45) is 0. The van der Waals surface area contributed by atoms with E-state index in [0.29, 0.717) is 10.6 Å². The van der Waals surface area contributed by atoms with Crippen molar-refractivity contribution in [1.82, 2.24) is 9.59 Å². The zero-order valence-corrected chi connectivity index (χ0v) is 14.1. The number of aryl methyl sites for hydroxylation is 3. The van der Waals surface area contributed by atoms with Crippen LogP contribution in [0.2, 0.25) is 0 Å². The van der Waals surface area contributed by atoms with Crippen molar-refractivity contribution in [2.75, 3.05) is 5.32 Å². The summed E-state index contributed by atoms with van der Waals surface area (Å²) in [6, 6.07) is 13.9. The number of aromatic nitrogens is 2. The largest absolute Gasteiger partial charge is 0.321 e. The first-order valence-electron chi connectivity index (χ1n) is 7.32. The molecule has 1 heterocycles. The Morgan fingerprint density at radius 2 is 1.70 bits per heavy atom. The quantitative estimate of drug-likeness (QED) is 0.778. The number of carbonyl (C=O) groups excluding carboxylic acids is 1. The van der Waals surface area contributed by atoms with E-state index in [1.165, 1.54) is 5.56 Å². The van der Waals surface area contributed by atoms with Gasteiger partial charge in [-0.1, -0.05) is 46.4 Å². The Hall–Kier alpha value is -2.53. The number of rotatable bonds is 3. The normalized spacial score (nSPS) is 10.6. The summed E-state index contributed by atoms with van der Waals surface area (Å²) >= 11 is 1.11. The summed E-state index contributed by atoms with van der Waals surface area (Å²) in [6.45, 7) is 6.00. The van der Waals surface area contributed by atoms with Gasteiger partial charge in [0.1, 0.15) is 10.6 Å². The van der Waals surface area contributed by atoms with E-state index in [9.17, 15) is 4.79 Å². The van der Waals surface area contributed by atoms with Crippen molar-refractivity contribution in [3.63, 3.8) is 0 Å². The molecule has 0 aliphatic heterocycles. The Labute approximate surface area is 139 Å². The van der Waals surface area contributed by atoms with Crippen molar-refractivity contribution < 1.29 is 4.79 Å². The van der Waals surface area contributed by atoms with Gasteiger partial charge < -0.3 is 5.32 Å². The van der Waals surface area contributed by atoms with Gasteiger partial charge in [-0.25, -0.2) is 0 Å². The summed E-state index contributed by atoms with van der Waals surface area (Å²) < 4.78 is 3.95. The van der Waals surface area contributed by atoms with E-state index in [2.05, 4.69) is 14.9 Å². The predicted molar refractivity (Wildman–Crippen MR) is 94.0 cm³/mol. The molecule has 1 aromatic heterocycles. The summed E-state index contributed by atoms with van der Waals surface area (Å²) in [5, 5.41) is 7.09. The van der Waals surface area contributed by atoms with Crippen molar-refractivity contribution in [3.05, 3.63) is 64.0 Å². The van der Waals surface area contributed by atoms with Crippen LogP contribution < -0.4 is 5.32 Å². The fourth-order valence-corrected chi connectivity index (χ4v) is 2.87. The highest BCUT2D eigenvalue weighted by atomic mass is 32.1. The average Bonchev–Trinajstić information content (AvgIpc) is 3.01. The van der Waals surface area contributed by atoms with Crippen molar-refractivity contribution >= 4 is 23.1 Å². The number of amides is 1. The second-order valence-corrected chi connectivity index (χ2v) is 6.34. The van der Waals surface area contributed by atoms with Gasteiger partial charge >= 0.3 is 0 Å². The second-order valence-electron chi connectivity index (χ2n) is 5.59. The molecule has 0 spiro atoms. The number of nitrogens with one attached hydrogen (secondary N) is 1. The number of anilines is 1.